The molecule has 4 nitrogen and oxygen atoms in total. The molecule has 0 saturated heterocycles. The van der Waals surface area contributed by atoms with E-state index in [1.165, 1.54) is 0 Å². The van der Waals surface area contributed by atoms with Gasteiger partial charge in [0.1, 0.15) is 0 Å². The van der Waals surface area contributed by atoms with Crippen LogP contribution < -0.4 is 0 Å². The van der Waals surface area contributed by atoms with Crippen molar-refractivity contribution in [1.82, 2.24) is 0 Å². The van der Waals surface area contributed by atoms with Crippen LogP contribution in [-0.2, 0) is 9.47 Å². The summed E-state index contributed by atoms with van der Waals surface area (Å²) in [6.45, 7) is 4.75. The summed E-state index contributed by atoms with van der Waals surface area (Å²) in [6, 6.07) is 0. The molecule has 0 aliphatic carbocycles. The Labute approximate surface area is 86.8 Å². The molecule has 88 valence electrons. The largest absolute Gasteiger partial charge is 0.391 e. The van der Waals surface area contributed by atoms with Crippen LogP contribution in [0.3, 0.4) is 0 Å². The summed E-state index contributed by atoms with van der Waals surface area (Å²) in [4.78, 5) is 0. The number of rotatable bonds is 6. The van der Waals surface area contributed by atoms with Crippen molar-refractivity contribution >= 4 is 0 Å². The van der Waals surface area contributed by atoms with Gasteiger partial charge >= 0.3 is 0 Å². The van der Waals surface area contributed by atoms with Gasteiger partial charge in [-0.05, 0) is 12.8 Å². The Bertz CT molecular complexity index is 86.1. The summed E-state index contributed by atoms with van der Waals surface area (Å²) in [5.41, 5.74) is 0. The molecule has 0 aliphatic rings. The number of hydrogen-bond acceptors (Lipinski definition) is 4. The first kappa shape index (κ1) is 16.3. The Hall–Kier alpha value is -0.160. The number of ether oxygens (including phenoxy) is 2. The van der Waals surface area contributed by atoms with E-state index in [1.54, 1.807) is 14.2 Å². The standard InChI is InChI=1S/2C5H12O2/c2*1-3-5(6)4-7-2/h2*5-6H,3-4H2,1-2H3. The first-order valence-corrected chi connectivity index (χ1v) is 4.96. The molecule has 0 radical (unpaired) electrons. The number of hydrogen-bond donors (Lipinski definition) is 2. The van der Waals surface area contributed by atoms with E-state index in [4.69, 9.17) is 10.2 Å². The highest BCUT2D eigenvalue weighted by Crippen LogP contribution is 1.87. The van der Waals surface area contributed by atoms with Crippen LogP contribution in [0.25, 0.3) is 0 Å². The van der Waals surface area contributed by atoms with Gasteiger partial charge < -0.3 is 19.7 Å². The van der Waals surface area contributed by atoms with Crippen molar-refractivity contribution in [3.8, 4) is 0 Å². The molecule has 0 bridgehead atoms. The summed E-state index contributed by atoms with van der Waals surface area (Å²) in [6.07, 6.45) is 0.997. The second-order valence-electron chi connectivity index (χ2n) is 3.03. The molecule has 4 heteroatoms. The molecule has 2 unspecified atom stereocenters. The van der Waals surface area contributed by atoms with Gasteiger partial charge in [0.2, 0.25) is 0 Å². The zero-order valence-corrected chi connectivity index (χ0v) is 9.69. The Kier molecular flexibility index (Phi) is 14.9. The van der Waals surface area contributed by atoms with Gasteiger partial charge in [-0.15, -0.1) is 0 Å². The smallest absolute Gasteiger partial charge is 0.0770 e. The van der Waals surface area contributed by atoms with Gasteiger partial charge in [-0.2, -0.15) is 0 Å². The fourth-order valence-corrected chi connectivity index (χ4v) is 0.620. The maximum absolute atomic E-state index is 8.73. The minimum atomic E-state index is -0.273. The van der Waals surface area contributed by atoms with E-state index in [1.807, 2.05) is 13.8 Å². The lowest BCUT2D eigenvalue weighted by Gasteiger charge is -2.02. The normalized spacial score (nSPS) is 14.1. The van der Waals surface area contributed by atoms with Crippen LogP contribution in [0.5, 0.6) is 0 Å². The van der Waals surface area contributed by atoms with E-state index < -0.39 is 0 Å². The second kappa shape index (κ2) is 12.8. The van der Waals surface area contributed by atoms with Crippen molar-refractivity contribution in [1.29, 1.82) is 0 Å². The lowest BCUT2D eigenvalue weighted by molar-refractivity contribution is 0.0624. The van der Waals surface area contributed by atoms with Gasteiger partial charge in [0.25, 0.3) is 0 Å². The van der Waals surface area contributed by atoms with Crippen LogP contribution in [0.15, 0.2) is 0 Å². The number of aliphatic hydroxyl groups is 2. The van der Waals surface area contributed by atoms with Gasteiger partial charge in [0.15, 0.2) is 0 Å². The summed E-state index contributed by atoms with van der Waals surface area (Å²) in [5.74, 6) is 0. The highest BCUT2D eigenvalue weighted by Gasteiger charge is 1.95. The third kappa shape index (κ3) is 14.4. The molecule has 0 aromatic heterocycles. The van der Waals surface area contributed by atoms with Crippen LogP contribution in [-0.4, -0.2) is 49.9 Å². The molecule has 0 rings (SSSR count). The third-order valence-electron chi connectivity index (χ3n) is 1.66. The minimum Gasteiger partial charge on any atom is -0.391 e. The molecule has 0 aromatic carbocycles. The van der Waals surface area contributed by atoms with Gasteiger partial charge in [0, 0.05) is 14.2 Å². The van der Waals surface area contributed by atoms with E-state index in [2.05, 4.69) is 9.47 Å². The predicted molar refractivity (Wildman–Crippen MR) is 56.3 cm³/mol. The third-order valence-corrected chi connectivity index (χ3v) is 1.66. The van der Waals surface area contributed by atoms with Crippen molar-refractivity contribution in [2.24, 2.45) is 0 Å². The lowest BCUT2D eigenvalue weighted by Crippen LogP contribution is -2.11. The molecule has 0 fully saturated rings. The van der Waals surface area contributed by atoms with Crippen molar-refractivity contribution < 1.29 is 19.7 Å². The zero-order chi connectivity index (χ0) is 11.4. The molecule has 0 spiro atoms. The molecular weight excluding hydrogens is 184 g/mol. The van der Waals surface area contributed by atoms with Crippen LogP contribution in [0, 0.1) is 0 Å². The van der Waals surface area contributed by atoms with Crippen LogP contribution in [0.2, 0.25) is 0 Å². The van der Waals surface area contributed by atoms with Gasteiger partial charge in [-0.25, -0.2) is 0 Å². The summed E-state index contributed by atoms with van der Waals surface area (Å²) in [5, 5.41) is 17.5. The zero-order valence-electron chi connectivity index (χ0n) is 9.69. The van der Waals surface area contributed by atoms with E-state index >= 15 is 0 Å². The topological polar surface area (TPSA) is 58.9 Å². The molecule has 14 heavy (non-hydrogen) atoms. The average Bonchev–Trinajstić information content (AvgIpc) is 2.19. The first-order valence-electron chi connectivity index (χ1n) is 4.96. The Morgan fingerprint density at radius 2 is 1.14 bits per heavy atom. The maximum Gasteiger partial charge on any atom is 0.0770 e. The fraction of sp³-hybridized carbons (Fsp3) is 1.00. The van der Waals surface area contributed by atoms with Crippen molar-refractivity contribution in [3.63, 3.8) is 0 Å². The van der Waals surface area contributed by atoms with Gasteiger partial charge in [-0.3, -0.25) is 0 Å². The molecule has 2 N–H and O–H groups in total. The van der Waals surface area contributed by atoms with E-state index in [-0.39, 0.29) is 12.2 Å². The van der Waals surface area contributed by atoms with Gasteiger partial charge in [0.05, 0.1) is 25.4 Å². The van der Waals surface area contributed by atoms with Crippen molar-refractivity contribution in [3.05, 3.63) is 0 Å². The average molecular weight is 208 g/mol. The SMILES string of the molecule is CCC(O)COC.CCC(O)COC. The second-order valence-corrected chi connectivity index (χ2v) is 3.03. The number of methoxy groups -OCH3 is 2. The van der Waals surface area contributed by atoms with Crippen molar-refractivity contribution in [2.45, 2.75) is 38.9 Å². The highest BCUT2D eigenvalue weighted by atomic mass is 16.5. The maximum atomic E-state index is 8.73. The summed E-state index contributed by atoms with van der Waals surface area (Å²) in [7, 11) is 3.16. The lowest BCUT2D eigenvalue weighted by atomic mass is 10.3. The fourth-order valence-electron chi connectivity index (χ4n) is 0.620. The van der Waals surface area contributed by atoms with Crippen LogP contribution >= 0.6 is 0 Å². The van der Waals surface area contributed by atoms with Crippen LogP contribution in [0.1, 0.15) is 26.7 Å². The summed E-state index contributed by atoms with van der Waals surface area (Å²) >= 11 is 0. The minimum absolute atomic E-state index is 0.273. The van der Waals surface area contributed by atoms with E-state index in [0.29, 0.717) is 13.2 Å². The Morgan fingerprint density at radius 1 is 0.857 bits per heavy atom. The molecule has 0 aliphatic heterocycles. The first-order chi connectivity index (χ1) is 6.62. The Balaban J connectivity index is 0. The van der Waals surface area contributed by atoms with E-state index in [0.717, 1.165) is 12.8 Å². The van der Waals surface area contributed by atoms with E-state index in [9.17, 15) is 0 Å². The molecule has 2 atom stereocenters. The molecule has 0 heterocycles. The number of aliphatic hydroxyl groups excluding tert-OH is 2. The molecule has 0 amide bonds. The highest BCUT2D eigenvalue weighted by molar-refractivity contribution is 4.46. The van der Waals surface area contributed by atoms with Crippen LogP contribution in [0.4, 0.5) is 0 Å². The van der Waals surface area contributed by atoms with Crippen molar-refractivity contribution in [2.75, 3.05) is 27.4 Å². The quantitative estimate of drug-likeness (QED) is 0.678. The molecule has 0 saturated carbocycles. The predicted octanol–water partition coefficient (Wildman–Crippen LogP) is 0.807. The van der Waals surface area contributed by atoms with Gasteiger partial charge in [-0.1, -0.05) is 13.8 Å². The molecule has 0 aromatic rings. The Morgan fingerprint density at radius 3 is 1.21 bits per heavy atom. The summed E-state index contributed by atoms with van der Waals surface area (Å²) < 4.78 is 9.29. The monoisotopic (exact) mass is 208 g/mol. The molecular formula is C10H24O4.